The maximum atomic E-state index is 11.5. The van der Waals surface area contributed by atoms with Gasteiger partial charge in [-0.2, -0.15) is 18.5 Å². The first-order chi connectivity index (χ1) is 12.4. The van der Waals surface area contributed by atoms with Gasteiger partial charge in [-0.25, -0.2) is 4.98 Å². The highest BCUT2D eigenvalue weighted by molar-refractivity contribution is 7.59. The number of rotatable bonds is 5. The quantitative estimate of drug-likeness (QED) is 0.516. The predicted molar refractivity (Wildman–Crippen MR) is 109 cm³/mol. The molecule has 2 aromatic rings. The van der Waals surface area contributed by atoms with Crippen molar-refractivity contribution in [2.75, 3.05) is 29.1 Å². The van der Waals surface area contributed by atoms with Crippen LogP contribution in [0.15, 0.2) is 24.4 Å². The Morgan fingerprint density at radius 2 is 2.22 bits per heavy atom. The van der Waals surface area contributed by atoms with E-state index in [4.69, 9.17) is 10.5 Å². The van der Waals surface area contributed by atoms with Crippen molar-refractivity contribution in [3.05, 3.63) is 30.0 Å². The van der Waals surface area contributed by atoms with Crippen molar-refractivity contribution < 1.29 is 14.6 Å². The van der Waals surface area contributed by atoms with Gasteiger partial charge in [0.1, 0.15) is 24.3 Å². The molecule has 1 atom stereocenters. The molecule has 0 spiro atoms. The summed E-state index contributed by atoms with van der Waals surface area (Å²) in [5.41, 5.74) is 7.10. The van der Waals surface area contributed by atoms with Crippen LogP contribution in [-0.4, -0.2) is 46.3 Å². The Morgan fingerprint density at radius 1 is 1.44 bits per heavy atom. The summed E-state index contributed by atoms with van der Waals surface area (Å²) in [7, 11) is 0. The Hall–Kier alpha value is -2.72. The van der Waals surface area contributed by atoms with E-state index in [1.54, 1.807) is 6.07 Å². The summed E-state index contributed by atoms with van der Waals surface area (Å²) in [4.78, 5) is 20.0. The molecule has 146 valence electrons. The van der Waals surface area contributed by atoms with Gasteiger partial charge in [0.05, 0.1) is 11.3 Å². The second kappa shape index (κ2) is 8.78. The number of ether oxygens (including phenoxy) is 1. The average molecular weight is 392 g/mol. The number of benzene rings is 1. The molecule has 10 heteroatoms. The highest BCUT2D eigenvalue weighted by atomic mass is 32.1. The monoisotopic (exact) mass is 392 g/mol. The van der Waals surface area contributed by atoms with E-state index in [1.807, 2.05) is 26.0 Å². The number of fused-ring (bicyclic) bond motifs is 1. The first kappa shape index (κ1) is 20.6. The van der Waals surface area contributed by atoms with Crippen LogP contribution in [0.4, 0.5) is 23.1 Å². The first-order valence-corrected chi connectivity index (χ1v) is 8.31. The van der Waals surface area contributed by atoms with E-state index < -0.39 is 12.0 Å². The highest BCUT2D eigenvalue weighted by Gasteiger charge is 2.16. The Balaban J connectivity index is 0.00000261. The van der Waals surface area contributed by atoms with Crippen molar-refractivity contribution in [1.82, 2.24) is 9.97 Å². The second-order valence-corrected chi connectivity index (χ2v) is 6.30. The largest absolute Gasteiger partial charge is 0.489 e. The molecule has 0 bridgehead atoms. The third-order valence-corrected chi connectivity index (χ3v) is 3.67. The predicted octanol–water partition coefficient (Wildman–Crippen LogP) is 1.42. The van der Waals surface area contributed by atoms with Crippen molar-refractivity contribution in [1.29, 1.82) is 0 Å². The fourth-order valence-electron chi connectivity index (χ4n) is 2.48. The molecular weight excluding hydrogens is 368 g/mol. The van der Waals surface area contributed by atoms with Crippen LogP contribution in [-0.2, 0) is 0 Å². The van der Waals surface area contributed by atoms with E-state index in [9.17, 15) is 9.90 Å². The molecule has 6 N–H and O–H groups in total. The fraction of sp³-hybridized carbons (Fsp3) is 0.353. The zero-order chi connectivity index (χ0) is 18.7. The minimum atomic E-state index is -0.593. The molecular formula is C17H24N6O3S. The van der Waals surface area contributed by atoms with Gasteiger partial charge in [0.2, 0.25) is 5.95 Å². The minimum absolute atomic E-state index is 0. The summed E-state index contributed by atoms with van der Waals surface area (Å²) in [6.07, 6.45) is 0.831. The minimum Gasteiger partial charge on any atom is -0.489 e. The van der Waals surface area contributed by atoms with Crippen molar-refractivity contribution in [3.63, 3.8) is 0 Å². The Kier molecular flexibility index (Phi) is 6.70. The lowest BCUT2D eigenvalue weighted by Gasteiger charge is -2.14. The third kappa shape index (κ3) is 5.14. The maximum absolute atomic E-state index is 11.5. The Morgan fingerprint density at radius 3 is 2.93 bits per heavy atom. The number of aliphatic hydroxyl groups excluding tert-OH is 1. The van der Waals surface area contributed by atoms with Crippen LogP contribution in [0, 0.1) is 0 Å². The third-order valence-electron chi connectivity index (χ3n) is 3.67. The van der Waals surface area contributed by atoms with E-state index in [2.05, 4.69) is 25.9 Å². The maximum Gasteiger partial charge on any atom is 0.254 e. The number of hydrogen-bond acceptors (Lipinski definition) is 8. The number of hydrogen-bond donors (Lipinski definition) is 5. The lowest BCUT2D eigenvalue weighted by molar-refractivity contribution is 0.100. The molecule has 27 heavy (non-hydrogen) atoms. The summed E-state index contributed by atoms with van der Waals surface area (Å²) < 4.78 is 5.54. The molecule has 0 saturated carbocycles. The number of aliphatic hydroxyl groups is 1. The van der Waals surface area contributed by atoms with Crippen LogP contribution in [0.25, 0.3) is 0 Å². The number of nitrogens with zero attached hydrogens (tertiary/aromatic N) is 2. The molecule has 1 aromatic carbocycles. The number of primary amides is 1. The smallest absolute Gasteiger partial charge is 0.254 e. The van der Waals surface area contributed by atoms with Gasteiger partial charge in [-0.15, -0.1) is 0 Å². The van der Waals surface area contributed by atoms with Gasteiger partial charge in [0.15, 0.2) is 0 Å². The summed E-state index contributed by atoms with van der Waals surface area (Å²) in [6, 6.07) is 5.54. The average Bonchev–Trinajstić information content (AvgIpc) is 2.76. The van der Waals surface area contributed by atoms with Gasteiger partial charge < -0.3 is 31.5 Å². The van der Waals surface area contributed by atoms with Gasteiger partial charge in [0.25, 0.3) is 5.91 Å². The van der Waals surface area contributed by atoms with Crippen LogP contribution in [0.5, 0.6) is 5.75 Å². The highest BCUT2D eigenvalue weighted by Crippen LogP contribution is 2.30. The van der Waals surface area contributed by atoms with Crippen LogP contribution in [0.2, 0.25) is 0 Å². The van der Waals surface area contributed by atoms with Crippen LogP contribution in [0.1, 0.15) is 24.2 Å². The Bertz CT molecular complexity index is 817. The Labute approximate surface area is 164 Å². The van der Waals surface area contributed by atoms with E-state index >= 15 is 0 Å². The lowest BCUT2D eigenvalue weighted by atomic mass is 10.2. The molecule has 0 unspecified atom stereocenters. The molecule has 1 aromatic heterocycles. The number of carbonyl (C=O) groups is 1. The lowest BCUT2D eigenvalue weighted by Crippen LogP contribution is -2.23. The normalized spacial score (nSPS) is 15.5. The van der Waals surface area contributed by atoms with Gasteiger partial charge >= 0.3 is 0 Å². The molecule has 0 aliphatic carbocycles. The molecule has 3 rings (SSSR count). The molecule has 1 aliphatic heterocycles. The molecule has 9 nitrogen and oxygen atoms in total. The molecule has 1 amide bonds. The number of β-amino-alcohol motifs (C(OH)–C–C–N with tert-alkyl or cyclic N) is 1. The number of nitrogens with two attached hydrogens (primary N) is 1. The van der Waals surface area contributed by atoms with E-state index in [-0.39, 0.29) is 31.7 Å². The molecule has 0 fully saturated rings. The summed E-state index contributed by atoms with van der Waals surface area (Å²) in [5.74, 6) is 0.779. The van der Waals surface area contributed by atoms with Gasteiger partial charge in [-0.1, -0.05) is 0 Å². The van der Waals surface area contributed by atoms with Crippen LogP contribution < -0.4 is 26.4 Å². The molecule has 0 saturated heterocycles. The fourth-order valence-corrected chi connectivity index (χ4v) is 2.48. The molecule has 1 aliphatic rings. The van der Waals surface area contributed by atoms with Crippen LogP contribution >= 0.6 is 13.5 Å². The topological polar surface area (TPSA) is 134 Å². The van der Waals surface area contributed by atoms with Gasteiger partial charge in [-0.05, 0) is 32.0 Å². The van der Waals surface area contributed by atoms with E-state index in [0.29, 0.717) is 24.1 Å². The van der Waals surface area contributed by atoms with E-state index in [1.165, 1.54) is 6.20 Å². The zero-order valence-corrected chi connectivity index (χ0v) is 16.1. The summed E-state index contributed by atoms with van der Waals surface area (Å²) in [5, 5.41) is 19.0. The van der Waals surface area contributed by atoms with Crippen molar-refractivity contribution in [2.45, 2.75) is 26.0 Å². The molecule has 0 radical (unpaired) electrons. The summed E-state index contributed by atoms with van der Waals surface area (Å²) >= 11 is 0. The zero-order valence-electron chi connectivity index (χ0n) is 15.1. The van der Waals surface area contributed by atoms with Crippen LogP contribution in [0.3, 0.4) is 0 Å². The standard InChI is InChI=1S/C17H22N6O3.H2S/c1-9(2)21-16-12(15(18)25)7-20-17(23-16)22-10-3-4-14-13(5-10)19-6-11(24)8-26-14;/h3-5,7,9,11,19,24H,6,8H2,1-2H3,(H2,18,25)(H2,20,21,22,23);1H2/t11-;/m0./s1. The number of carbonyl (C=O) groups excluding carboxylic acids is 1. The van der Waals surface area contributed by atoms with Crippen molar-refractivity contribution in [3.8, 4) is 5.75 Å². The first-order valence-electron chi connectivity index (χ1n) is 8.31. The van der Waals surface area contributed by atoms with Gasteiger partial charge in [0, 0.05) is 24.5 Å². The van der Waals surface area contributed by atoms with E-state index in [0.717, 1.165) is 11.4 Å². The van der Waals surface area contributed by atoms with Gasteiger partial charge in [-0.3, -0.25) is 4.79 Å². The SMILES string of the molecule is CC(C)Nc1nc(Nc2ccc3c(c2)NC[C@H](O)CO3)ncc1C(N)=O.S. The number of aromatic nitrogens is 2. The molecule has 2 heterocycles. The number of nitrogens with one attached hydrogen (secondary N) is 3. The van der Waals surface area contributed by atoms with Crippen molar-refractivity contribution >= 4 is 42.5 Å². The van der Waals surface area contributed by atoms with Crippen molar-refractivity contribution in [2.24, 2.45) is 5.73 Å². The second-order valence-electron chi connectivity index (χ2n) is 6.30. The number of amides is 1. The summed E-state index contributed by atoms with van der Waals surface area (Å²) in [6.45, 7) is 4.52. The number of anilines is 4.